The molecule has 0 bridgehead atoms. The van der Waals surface area contributed by atoms with Crippen molar-refractivity contribution in [1.82, 2.24) is 4.72 Å². The van der Waals surface area contributed by atoms with Crippen LogP contribution in [-0.4, -0.2) is 40.2 Å². The van der Waals surface area contributed by atoms with Crippen molar-refractivity contribution in [3.8, 4) is 0 Å². The van der Waals surface area contributed by atoms with Gasteiger partial charge in [-0.1, -0.05) is 13.8 Å². The van der Waals surface area contributed by atoms with E-state index in [0.717, 1.165) is 18.4 Å². The zero-order valence-corrected chi connectivity index (χ0v) is 14.2. The first-order valence-electron chi connectivity index (χ1n) is 6.36. The van der Waals surface area contributed by atoms with Gasteiger partial charge in [0.2, 0.25) is 20.0 Å². The fourth-order valence-corrected chi connectivity index (χ4v) is 3.57. The molecule has 0 aromatic heterocycles. The summed E-state index contributed by atoms with van der Waals surface area (Å²) >= 11 is 0. The fourth-order valence-electron chi connectivity index (χ4n) is 1.65. The third-order valence-electron chi connectivity index (χ3n) is 2.76. The first-order valence-corrected chi connectivity index (χ1v) is 9.73. The highest BCUT2D eigenvalue weighted by molar-refractivity contribution is 7.92. The molecule has 1 aromatic rings. The monoisotopic (exact) mass is 368 g/mol. The van der Waals surface area contributed by atoms with Crippen LogP contribution in [0.1, 0.15) is 13.8 Å². The van der Waals surface area contributed by atoms with Crippen molar-refractivity contribution in [2.75, 3.05) is 11.0 Å². The van der Waals surface area contributed by atoms with Gasteiger partial charge in [0.25, 0.3) is 0 Å². The highest BCUT2D eigenvalue weighted by Crippen LogP contribution is 2.20. The molecule has 0 aliphatic heterocycles. The van der Waals surface area contributed by atoms with Crippen LogP contribution in [0.15, 0.2) is 23.1 Å². The average molecular weight is 368 g/mol. The number of rotatable bonds is 7. The van der Waals surface area contributed by atoms with E-state index in [2.05, 4.69) is 0 Å². The minimum atomic E-state index is -4.28. The maximum atomic E-state index is 13.8. The van der Waals surface area contributed by atoms with Crippen LogP contribution in [0, 0.1) is 11.7 Å². The molecule has 0 aliphatic carbocycles. The van der Waals surface area contributed by atoms with E-state index in [-0.39, 0.29) is 0 Å². The van der Waals surface area contributed by atoms with Crippen molar-refractivity contribution in [3.05, 3.63) is 24.0 Å². The Labute approximate surface area is 133 Å². The highest BCUT2D eigenvalue weighted by atomic mass is 32.2. The molecule has 1 aromatic carbocycles. The third kappa shape index (κ3) is 5.44. The van der Waals surface area contributed by atoms with Gasteiger partial charge in [0.05, 0.1) is 16.8 Å². The predicted octanol–water partition coefficient (Wildman–Crippen LogP) is 0.585. The maximum absolute atomic E-state index is 13.8. The molecular formula is C12H17FN2O6S2. The molecule has 0 aliphatic rings. The van der Waals surface area contributed by atoms with Gasteiger partial charge in [-0.25, -0.2) is 21.2 Å². The quantitative estimate of drug-likeness (QED) is 0.646. The van der Waals surface area contributed by atoms with Crippen LogP contribution in [-0.2, 0) is 24.8 Å². The largest absolute Gasteiger partial charge is 0.480 e. The van der Waals surface area contributed by atoms with Crippen LogP contribution in [0.4, 0.5) is 10.1 Å². The summed E-state index contributed by atoms with van der Waals surface area (Å²) in [4.78, 5) is 10.5. The Morgan fingerprint density at radius 1 is 1.22 bits per heavy atom. The number of sulfonamides is 2. The molecule has 1 unspecified atom stereocenters. The molecular weight excluding hydrogens is 351 g/mol. The van der Waals surface area contributed by atoms with Gasteiger partial charge in [-0.05, 0) is 24.1 Å². The molecule has 11 heteroatoms. The van der Waals surface area contributed by atoms with E-state index in [4.69, 9.17) is 5.11 Å². The molecule has 0 fully saturated rings. The van der Waals surface area contributed by atoms with Crippen LogP contribution in [0.25, 0.3) is 0 Å². The van der Waals surface area contributed by atoms with Gasteiger partial charge < -0.3 is 5.11 Å². The Kier molecular flexibility index (Phi) is 5.72. The lowest BCUT2D eigenvalue weighted by atomic mass is 10.1. The van der Waals surface area contributed by atoms with Crippen molar-refractivity contribution in [2.24, 2.45) is 5.92 Å². The zero-order valence-electron chi connectivity index (χ0n) is 12.6. The number of hydrogen-bond acceptors (Lipinski definition) is 5. The molecule has 23 heavy (non-hydrogen) atoms. The lowest BCUT2D eigenvalue weighted by Crippen LogP contribution is -2.44. The van der Waals surface area contributed by atoms with Crippen LogP contribution in [0.3, 0.4) is 0 Å². The highest BCUT2D eigenvalue weighted by Gasteiger charge is 2.28. The van der Waals surface area contributed by atoms with E-state index < -0.39 is 54.4 Å². The Bertz CT molecular complexity index is 805. The second-order valence-corrected chi connectivity index (χ2v) is 8.66. The van der Waals surface area contributed by atoms with E-state index in [1.165, 1.54) is 13.8 Å². The van der Waals surface area contributed by atoms with Gasteiger partial charge in [0.15, 0.2) is 0 Å². The molecule has 0 radical (unpaired) electrons. The minimum absolute atomic E-state index is 0.412. The van der Waals surface area contributed by atoms with E-state index in [9.17, 15) is 26.0 Å². The van der Waals surface area contributed by atoms with Crippen LogP contribution in [0.2, 0.25) is 0 Å². The zero-order chi connectivity index (χ0) is 18.0. The fraction of sp³-hybridized carbons (Fsp3) is 0.417. The van der Waals surface area contributed by atoms with Gasteiger partial charge >= 0.3 is 5.97 Å². The summed E-state index contributed by atoms with van der Waals surface area (Å²) in [6.45, 7) is 3.03. The molecule has 8 nitrogen and oxygen atoms in total. The predicted molar refractivity (Wildman–Crippen MR) is 81.4 cm³/mol. The van der Waals surface area contributed by atoms with E-state index in [0.29, 0.717) is 6.07 Å². The SMILES string of the molecule is CC(C)C(NS(=O)(=O)c1ccc(NS(C)(=O)=O)c(F)c1)C(=O)O. The number of carboxylic acid groups (broad SMARTS) is 1. The summed E-state index contributed by atoms with van der Waals surface area (Å²) in [5.74, 6) is -2.99. The van der Waals surface area contributed by atoms with Crippen molar-refractivity contribution in [2.45, 2.75) is 24.8 Å². The number of aliphatic carboxylic acids is 1. The molecule has 130 valence electrons. The average Bonchev–Trinajstić information content (AvgIpc) is 2.36. The van der Waals surface area contributed by atoms with Gasteiger partial charge in [0, 0.05) is 0 Å². The van der Waals surface area contributed by atoms with Crippen molar-refractivity contribution in [3.63, 3.8) is 0 Å². The second kappa shape index (κ2) is 6.81. The minimum Gasteiger partial charge on any atom is -0.480 e. The molecule has 0 heterocycles. The lowest BCUT2D eigenvalue weighted by molar-refractivity contribution is -0.140. The lowest BCUT2D eigenvalue weighted by Gasteiger charge is -2.18. The number of anilines is 1. The van der Waals surface area contributed by atoms with Crippen LogP contribution in [0.5, 0.6) is 0 Å². The Balaban J connectivity index is 3.15. The third-order valence-corrected chi connectivity index (χ3v) is 4.79. The number of carbonyl (C=O) groups is 1. The van der Waals surface area contributed by atoms with Crippen molar-refractivity contribution < 1.29 is 31.1 Å². The summed E-state index contributed by atoms with van der Waals surface area (Å²) in [6.07, 6.45) is 0.818. The summed E-state index contributed by atoms with van der Waals surface area (Å²) < 4.78 is 64.0. The number of halogens is 1. The van der Waals surface area contributed by atoms with Crippen molar-refractivity contribution >= 4 is 31.7 Å². The standard InChI is InChI=1S/C12H17FN2O6S2/c1-7(2)11(12(16)17)15-23(20,21)8-4-5-10(9(13)6-8)14-22(3,18)19/h4-7,11,14-15H,1-3H3,(H,16,17). The first kappa shape index (κ1) is 19.3. The van der Waals surface area contributed by atoms with Crippen molar-refractivity contribution in [1.29, 1.82) is 0 Å². The van der Waals surface area contributed by atoms with E-state index in [1.54, 1.807) is 0 Å². The molecule has 0 saturated heterocycles. The number of benzene rings is 1. The Hall–Kier alpha value is -1.72. The summed E-state index contributed by atoms with van der Waals surface area (Å²) in [7, 11) is -8.00. The first-order chi connectivity index (χ1) is 10.3. The van der Waals surface area contributed by atoms with Gasteiger partial charge in [0.1, 0.15) is 11.9 Å². The van der Waals surface area contributed by atoms with E-state index >= 15 is 0 Å². The van der Waals surface area contributed by atoms with Gasteiger partial charge in [-0.3, -0.25) is 9.52 Å². The van der Waals surface area contributed by atoms with Gasteiger partial charge in [-0.2, -0.15) is 4.72 Å². The Morgan fingerprint density at radius 3 is 2.17 bits per heavy atom. The normalized spacial score (nSPS) is 13.8. The molecule has 0 spiro atoms. The molecule has 1 atom stereocenters. The van der Waals surface area contributed by atoms with Crippen LogP contribution >= 0.6 is 0 Å². The molecule has 0 saturated carbocycles. The number of hydrogen-bond donors (Lipinski definition) is 3. The second-order valence-electron chi connectivity index (χ2n) is 5.20. The molecule has 3 N–H and O–H groups in total. The topological polar surface area (TPSA) is 130 Å². The Morgan fingerprint density at radius 2 is 1.78 bits per heavy atom. The summed E-state index contributed by atoms with van der Waals surface area (Å²) in [5, 5.41) is 9.00. The van der Waals surface area contributed by atoms with Gasteiger partial charge in [-0.15, -0.1) is 0 Å². The summed E-state index contributed by atoms with van der Waals surface area (Å²) in [6, 6.07) is 1.14. The van der Waals surface area contributed by atoms with Crippen LogP contribution < -0.4 is 9.44 Å². The number of nitrogens with one attached hydrogen (secondary N) is 2. The molecule has 1 rings (SSSR count). The number of carboxylic acids is 1. The van der Waals surface area contributed by atoms with E-state index in [1.807, 2.05) is 9.44 Å². The summed E-state index contributed by atoms with van der Waals surface area (Å²) in [5.41, 5.74) is -0.412. The maximum Gasteiger partial charge on any atom is 0.322 e. The smallest absolute Gasteiger partial charge is 0.322 e. The molecule has 0 amide bonds.